The molecule has 4 saturated heterocycles. The highest BCUT2D eigenvalue weighted by Crippen LogP contribution is 2.48. The second-order valence-corrected chi connectivity index (χ2v) is 7.21. The molecule has 0 saturated carbocycles. The lowest BCUT2D eigenvalue weighted by Gasteiger charge is -2.39. The first-order chi connectivity index (χ1) is 9.28. The van der Waals surface area contributed by atoms with Crippen LogP contribution in [0, 0.1) is 5.92 Å². The van der Waals surface area contributed by atoms with Gasteiger partial charge in [-0.15, -0.1) is 0 Å². The van der Waals surface area contributed by atoms with E-state index >= 15 is 0 Å². The van der Waals surface area contributed by atoms with E-state index in [0.29, 0.717) is 12.5 Å². The van der Waals surface area contributed by atoms with Gasteiger partial charge < -0.3 is 18.9 Å². The molecule has 0 aromatic rings. The van der Waals surface area contributed by atoms with Gasteiger partial charge in [-0.1, -0.05) is 0 Å². The Bertz CT molecular complexity index is 426. The summed E-state index contributed by atoms with van der Waals surface area (Å²) < 4.78 is 23.9. The summed E-state index contributed by atoms with van der Waals surface area (Å²) >= 11 is 0. The summed E-state index contributed by atoms with van der Waals surface area (Å²) in [5.74, 6) is -0.307. The Morgan fingerprint density at radius 1 is 1.00 bits per heavy atom. The highest BCUT2D eigenvalue weighted by molar-refractivity contribution is 5.07. The van der Waals surface area contributed by atoms with E-state index < -0.39 is 5.79 Å². The monoisotopic (exact) mass is 285 g/mol. The van der Waals surface area contributed by atoms with Gasteiger partial charge in [0.15, 0.2) is 12.1 Å². The van der Waals surface area contributed by atoms with Crippen LogP contribution in [0.25, 0.3) is 0 Å². The van der Waals surface area contributed by atoms with Crippen LogP contribution in [0.1, 0.15) is 27.7 Å². The van der Waals surface area contributed by atoms with E-state index in [-0.39, 0.29) is 36.2 Å². The fraction of sp³-hybridized carbons (Fsp3) is 1.00. The molecule has 4 rings (SSSR count). The maximum atomic E-state index is 6.11. The Labute approximate surface area is 119 Å². The van der Waals surface area contributed by atoms with Crippen molar-refractivity contribution in [1.82, 2.24) is 5.06 Å². The lowest BCUT2D eigenvalue weighted by molar-refractivity contribution is -0.244. The summed E-state index contributed by atoms with van der Waals surface area (Å²) in [6, 6.07) is 0.185. The largest absolute Gasteiger partial charge is 0.372 e. The molecular weight excluding hydrogens is 262 g/mol. The lowest BCUT2D eigenvalue weighted by Crippen LogP contribution is -2.55. The summed E-state index contributed by atoms with van der Waals surface area (Å²) in [6.07, 6.45) is -0.626. The molecule has 0 N–H and O–H groups in total. The Hall–Kier alpha value is -0.240. The topological polar surface area (TPSA) is 49.4 Å². The first-order valence-corrected chi connectivity index (χ1v) is 7.33. The molecule has 0 aromatic carbocycles. The smallest absolute Gasteiger partial charge is 0.190 e. The quantitative estimate of drug-likeness (QED) is 0.659. The minimum atomic E-state index is -0.599. The number of likely N-dealkylation sites (N-methyl/N-ethyl adjacent to an activating group) is 1. The van der Waals surface area contributed by atoms with Crippen LogP contribution in [0.3, 0.4) is 0 Å². The van der Waals surface area contributed by atoms with Gasteiger partial charge in [0.2, 0.25) is 0 Å². The Morgan fingerprint density at radius 2 is 1.75 bits per heavy atom. The van der Waals surface area contributed by atoms with Gasteiger partial charge in [0.25, 0.3) is 0 Å². The number of rotatable bonds is 0. The molecule has 4 aliphatic heterocycles. The molecule has 4 heterocycles. The van der Waals surface area contributed by atoms with Gasteiger partial charge in [-0.3, -0.25) is 4.84 Å². The summed E-state index contributed by atoms with van der Waals surface area (Å²) in [6.45, 7) is 8.68. The molecule has 0 amide bonds. The summed E-state index contributed by atoms with van der Waals surface area (Å²) in [7, 11) is 1.97. The van der Waals surface area contributed by atoms with Gasteiger partial charge in [0.05, 0.1) is 18.2 Å². The first-order valence-electron chi connectivity index (χ1n) is 7.33. The van der Waals surface area contributed by atoms with Crippen LogP contribution in [-0.4, -0.2) is 60.7 Å². The predicted molar refractivity (Wildman–Crippen MR) is 68.6 cm³/mol. The fourth-order valence-electron chi connectivity index (χ4n) is 4.08. The van der Waals surface area contributed by atoms with E-state index in [4.69, 9.17) is 23.8 Å². The maximum absolute atomic E-state index is 6.11. The van der Waals surface area contributed by atoms with Crippen LogP contribution in [0.5, 0.6) is 0 Å². The molecule has 6 nitrogen and oxygen atoms in total. The van der Waals surface area contributed by atoms with E-state index in [1.807, 2.05) is 26.0 Å². The van der Waals surface area contributed by atoms with E-state index in [2.05, 4.69) is 13.8 Å². The van der Waals surface area contributed by atoms with Gasteiger partial charge in [0, 0.05) is 13.0 Å². The number of fused-ring (bicyclic) bond motifs is 5. The zero-order chi connectivity index (χ0) is 14.3. The van der Waals surface area contributed by atoms with Crippen LogP contribution >= 0.6 is 0 Å². The predicted octanol–water partition coefficient (Wildman–Crippen LogP) is 0.902. The first kappa shape index (κ1) is 13.4. The molecule has 4 aliphatic rings. The molecule has 4 fully saturated rings. The minimum absolute atomic E-state index is 0.0633. The van der Waals surface area contributed by atoms with Crippen LogP contribution in [-0.2, 0) is 23.8 Å². The van der Waals surface area contributed by atoms with Crippen molar-refractivity contribution in [1.29, 1.82) is 0 Å². The van der Waals surface area contributed by atoms with E-state index in [9.17, 15) is 0 Å². The van der Waals surface area contributed by atoms with Crippen molar-refractivity contribution in [3.63, 3.8) is 0 Å². The number of hydrogen-bond acceptors (Lipinski definition) is 6. The third kappa shape index (κ3) is 1.73. The van der Waals surface area contributed by atoms with Crippen LogP contribution < -0.4 is 0 Å². The molecule has 6 heteroatoms. The van der Waals surface area contributed by atoms with E-state index in [0.717, 1.165) is 0 Å². The highest BCUT2D eigenvalue weighted by atomic mass is 16.8. The average molecular weight is 285 g/mol. The third-order valence-corrected chi connectivity index (χ3v) is 4.94. The average Bonchev–Trinajstić information content (AvgIpc) is 2.85. The number of hydroxylamine groups is 2. The molecule has 0 aliphatic carbocycles. The lowest BCUT2D eigenvalue weighted by atomic mass is 9.80. The second-order valence-electron chi connectivity index (χ2n) is 7.21. The number of hydrogen-bond donors (Lipinski definition) is 0. The molecule has 0 bridgehead atoms. The molecule has 0 aromatic heterocycles. The molecule has 0 radical (unpaired) electrons. The van der Waals surface area contributed by atoms with Gasteiger partial charge >= 0.3 is 0 Å². The fourth-order valence-corrected chi connectivity index (χ4v) is 4.08. The van der Waals surface area contributed by atoms with Crippen LogP contribution in [0.4, 0.5) is 0 Å². The van der Waals surface area contributed by atoms with Gasteiger partial charge in [-0.2, -0.15) is 5.06 Å². The van der Waals surface area contributed by atoms with Crippen molar-refractivity contribution in [2.24, 2.45) is 5.92 Å². The summed E-state index contributed by atoms with van der Waals surface area (Å²) in [4.78, 5) is 5.96. The Balaban J connectivity index is 1.60. The number of ether oxygens (including phenoxy) is 4. The van der Waals surface area contributed by atoms with Crippen LogP contribution in [0.15, 0.2) is 0 Å². The normalized spacial score (nSPS) is 52.6. The van der Waals surface area contributed by atoms with Gasteiger partial charge in [0.1, 0.15) is 18.3 Å². The second kappa shape index (κ2) is 3.94. The molecule has 0 spiro atoms. The minimum Gasteiger partial charge on any atom is -0.372 e. The number of nitrogens with zero attached hydrogens (tertiary/aromatic N) is 1. The maximum Gasteiger partial charge on any atom is 0.190 e. The van der Waals surface area contributed by atoms with Crippen molar-refractivity contribution < 1.29 is 23.8 Å². The zero-order valence-electron chi connectivity index (χ0n) is 12.7. The molecule has 6 atom stereocenters. The van der Waals surface area contributed by atoms with Gasteiger partial charge in [-0.05, 0) is 27.7 Å². The Morgan fingerprint density at radius 3 is 2.50 bits per heavy atom. The molecule has 20 heavy (non-hydrogen) atoms. The molecule has 114 valence electrons. The van der Waals surface area contributed by atoms with E-state index in [1.54, 1.807) is 0 Å². The summed E-state index contributed by atoms with van der Waals surface area (Å²) in [5, 5.41) is 1.93. The van der Waals surface area contributed by atoms with Gasteiger partial charge in [-0.25, -0.2) is 0 Å². The summed E-state index contributed by atoms with van der Waals surface area (Å²) in [5.41, 5.74) is -0.230. The van der Waals surface area contributed by atoms with Crippen molar-refractivity contribution in [2.75, 3.05) is 13.7 Å². The molecular formula is C14H23NO5. The van der Waals surface area contributed by atoms with E-state index in [1.165, 1.54) is 0 Å². The van der Waals surface area contributed by atoms with Crippen molar-refractivity contribution in [3.05, 3.63) is 0 Å². The Kier molecular flexibility index (Phi) is 2.64. The standard InChI is InChI=1S/C14H23NO5/c1-13(2)7-6-16-10-9(8(7)15(5)20-13)17-12-11(10)18-14(3,4)19-12/h7-12H,6H2,1-5H3/t7-,8-,9+,10-,11+,12+/m0/s1. The van der Waals surface area contributed by atoms with Crippen molar-refractivity contribution >= 4 is 0 Å². The van der Waals surface area contributed by atoms with Crippen molar-refractivity contribution in [2.45, 2.75) is 69.7 Å². The van der Waals surface area contributed by atoms with Crippen LogP contribution in [0.2, 0.25) is 0 Å². The van der Waals surface area contributed by atoms with Crippen molar-refractivity contribution in [3.8, 4) is 0 Å². The zero-order valence-corrected chi connectivity index (χ0v) is 12.7. The molecule has 0 unspecified atom stereocenters. The highest BCUT2D eigenvalue weighted by Gasteiger charge is 2.64. The SMILES string of the molecule is CN1OC(C)(C)[C@H]2CO[C@@H]3[C@H]4OC(C)(C)O[C@H]4O[C@@H]3[C@H]21. The third-order valence-electron chi connectivity index (χ3n) is 4.94.